The maximum atomic E-state index is 13.7. The van der Waals surface area contributed by atoms with Crippen molar-refractivity contribution < 1.29 is 18.7 Å². The van der Waals surface area contributed by atoms with Crippen LogP contribution in [0.3, 0.4) is 0 Å². The number of hydrogen-bond donors (Lipinski definition) is 3. The van der Waals surface area contributed by atoms with E-state index in [1.165, 1.54) is 6.07 Å². The predicted molar refractivity (Wildman–Crippen MR) is 72.2 cm³/mol. The van der Waals surface area contributed by atoms with Crippen LogP contribution in [0.25, 0.3) is 0 Å². The van der Waals surface area contributed by atoms with Crippen LogP contribution in [-0.2, 0) is 0 Å². The Bertz CT molecular complexity index is 453. The minimum absolute atomic E-state index is 0.250. The van der Waals surface area contributed by atoms with E-state index in [0.717, 1.165) is 12.1 Å². The van der Waals surface area contributed by atoms with Gasteiger partial charge in [-0.2, -0.15) is 0 Å². The molecule has 2 amide bonds. The third-order valence-corrected chi connectivity index (χ3v) is 2.90. The zero-order valence-electron chi connectivity index (χ0n) is 11.6. The molecule has 1 rings (SSSR count). The third kappa shape index (κ3) is 5.13. The number of benzene rings is 1. The molecule has 3 N–H and O–H groups in total. The molecule has 0 aliphatic carbocycles. The van der Waals surface area contributed by atoms with Gasteiger partial charge >= 0.3 is 6.03 Å². The van der Waals surface area contributed by atoms with Gasteiger partial charge in [0.2, 0.25) is 0 Å². The normalized spacial score (nSPS) is 13.7. The molecule has 1 aromatic rings. The summed E-state index contributed by atoms with van der Waals surface area (Å²) < 4.78 is 26.5. The van der Waals surface area contributed by atoms with Gasteiger partial charge in [-0.25, -0.2) is 13.6 Å². The van der Waals surface area contributed by atoms with Crippen molar-refractivity contribution in [3.8, 4) is 0 Å². The summed E-state index contributed by atoms with van der Waals surface area (Å²) in [7, 11) is 0. The lowest BCUT2D eigenvalue weighted by Crippen LogP contribution is -2.39. The van der Waals surface area contributed by atoms with Gasteiger partial charge in [0.05, 0.1) is 12.1 Å². The number of carbonyl (C=O) groups excluding carboxylic acids is 1. The van der Waals surface area contributed by atoms with Crippen molar-refractivity contribution in [2.24, 2.45) is 0 Å². The number of urea groups is 1. The van der Waals surface area contributed by atoms with Crippen LogP contribution in [0.2, 0.25) is 0 Å². The smallest absolute Gasteiger partial charge is 0.315 e. The summed E-state index contributed by atoms with van der Waals surface area (Å²) >= 11 is 0. The van der Waals surface area contributed by atoms with E-state index >= 15 is 0 Å². The van der Waals surface area contributed by atoms with Crippen molar-refractivity contribution >= 4 is 6.03 Å². The van der Waals surface area contributed by atoms with Crippen LogP contribution in [0.4, 0.5) is 13.6 Å². The summed E-state index contributed by atoms with van der Waals surface area (Å²) in [6.45, 7) is 3.75. The highest BCUT2D eigenvalue weighted by atomic mass is 19.1. The van der Waals surface area contributed by atoms with Gasteiger partial charge in [0, 0.05) is 18.2 Å². The van der Waals surface area contributed by atoms with E-state index < -0.39 is 29.8 Å². The van der Waals surface area contributed by atoms with Gasteiger partial charge in [-0.3, -0.25) is 0 Å². The number of halogens is 2. The van der Waals surface area contributed by atoms with Crippen LogP contribution < -0.4 is 10.6 Å². The molecule has 112 valence electrons. The second kappa shape index (κ2) is 7.79. The van der Waals surface area contributed by atoms with Gasteiger partial charge in [0.1, 0.15) is 11.6 Å². The molecule has 0 aliphatic heterocycles. The molecule has 6 heteroatoms. The van der Waals surface area contributed by atoms with Crippen molar-refractivity contribution in [3.05, 3.63) is 35.4 Å². The molecule has 4 nitrogen and oxygen atoms in total. The minimum atomic E-state index is -0.680. The van der Waals surface area contributed by atoms with E-state index in [0.29, 0.717) is 19.4 Å². The molecule has 0 radical (unpaired) electrons. The Balaban J connectivity index is 2.60. The number of hydrogen-bond acceptors (Lipinski definition) is 2. The number of carbonyl (C=O) groups is 1. The zero-order chi connectivity index (χ0) is 15.1. The molecule has 0 bridgehead atoms. The molecule has 0 spiro atoms. The van der Waals surface area contributed by atoms with Crippen LogP contribution in [0.5, 0.6) is 0 Å². The van der Waals surface area contributed by atoms with E-state index in [1.807, 2.05) is 0 Å². The average molecular weight is 286 g/mol. The van der Waals surface area contributed by atoms with Crippen molar-refractivity contribution in [1.82, 2.24) is 10.6 Å². The van der Waals surface area contributed by atoms with Crippen molar-refractivity contribution in [2.75, 3.05) is 6.54 Å². The Morgan fingerprint density at radius 1 is 1.40 bits per heavy atom. The molecular weight excluding hydrogens is 266 g/mol. The topological polar surface area (TPSA) is 61.4 Å². The molecule has 0 fully saturated rings. The summed E-state index contributed by atoms with van der Waals surface area (Å²) in [6.07, 6.45) is 0.424. The zero-order valence-corrected chi connectivity index (χ0v) is 11.6. The second-order valence-electron chi connectivity index (χ2n) is 4.66. The highest BCUT2D eigenvalue weighted by Crippen LogP contribution is 2.20. The van der Waals surface area contributed by atoms with Crippen LogP contribution in [0.15, 0.2) is 18.2 Å². The quantitative estimate of drug-likeness (QED) is 0.752. The molecule has 0 saturated heterocycles. The van der Waals surface area contributed by atoms with Crippen molar-refractivity contribution in [1.29, 1.82) is 0 Å². The fourth-order valence-corrected chi connectivity index (χ4v) is 1.79. The van der Waals surface area contributed by atoms with Gasteiger partial charge in [0.25, 0.3) is 0 Å². The third-order valence-electron chi connectivity index (χ3n) is 2.90. The highest BCUT2D eigenvalue weighted by molar-refractivity contribution is 5.74. The Morgan fingerprint density at radius 2 is 2.10 bits per heavy atom. The first-order chi connectivity index (χ1) is 9.43. The number of aliphatic hydroxyl groups excluding tert-OH is 1. The Morgan fingerprint density at radius 3 is 2.65 bits per heavy atom. The van der Waals surface area contributed by atoms with Gasteiger partial charge in [-0.15, -0.1) is 0 Å². The molecule has 0 aliphatic rings. The summed E-state index contributed by atoms with van der Waals surface area (Å²) in [5.74, 6) is -1.33. The summed E-state index contributed by atoms with van der Waals surface area (Å²) in [4.78, 5) is 11.6. The summed E-state index contributed by atoms with van der Waals surface area (Å²) in [6, 6.07) is 2.32. The van der Waals surface area contributed by atoms with Crippen LogP contribution in [-0.4, -0.2) is 23.8 Å². The van der Waals surface area contributed by atoms with Gasteiger partial charge in [0.15, 0.2) is 0 Å². The maximum absolute atomic E-state index is 13.7. The lowest BCUT2D eigenvalue weighted by atomic mass is 10.0. The first-order valence-corrected chi connectivity index (χ1v) is 6.61. The molecule has 20 heavy (non-hydrogen) atoms. The van der Waals surface area contributed by atoms with Crippen LogP contribution in [0, 0.1) is 11.6 Å². The molecular formula is C14H20F2N2O2. The monoisotopic (exact) mass is 286 g/mol. The van der Waals surface area contributed by atoms with E-state index in [9.17, 15) is 13.6 Å². The van der Waals surface area contributed by atoms with Crippen LogP contribution >= 0.6 is 0 Å². The van der Waals surface area contributed by atoms with Crippen LogP contribution in [0.1, 0.15) is 38.3 Å². The Hall–Kier alpha value is -1.69. The maximum Gasteiger partial charge on any atom is 0.315 e. The fraction of sp³-hybridized carbons (Fsp3) is 0.500. The second-order valence-corrected chi connectivity index (χ2v) is 4.66. The molecule has 0 saturated carbocycles. The largest absolute Gasteiger partial charge is 0.393 e. The standard InChI is InChI=1S/C14H20F2N2O2/c1-3-13(11-5-4-10(15)8-12(11)16)18-14(20)17-7-6-9(2)19/h4-5,8-9,13,19H,3,6-7H2,1-2H3,(H2,17,18,20). The highest BCUT2D eigenvalue weighted by Gasteiger charge is 2.16. The van der Waals surface area contributed by atoms with Crippen molar-refractivity contribution in [3.63, 3.8) is 0 Å². The number of nitrogens with one attached hydrogen (secondary N) is 2. The fourth-order valence-electron chi connectivity index (χ4n) is 1.79. The van der Waals surface area contributed by atoms with Crippen molar-refractivity contribution in [2.45, 2.75) is 38.8 Å². The number of amides is 2. The van der Waals surface area contributed by atoms with E-state index in [4.69, 9.17) is 5.11 Å². The number of aliphatic hydroxyl groups is 1. The number of rotatable bonds is 6. The minimum Gasteiger partial charge on any atom is -0.393 e. The van der Waals surface area contributed by atoms with Gasteiger partial charge < -0.3 is 15.7 Å². The Labute approximate surface area is 117 Å². The molecule has 0 aromatic heterocycles. The average Bonchev–Trinajstić information content (AvgIpc) is 2.36. The van der Waals surface area contributed by atoms with Gasteiger partial charge in [-0.05, 0) is 25.8 Å². The predicted octanol–water partition coefficient (Wildman–Crippen LogP) is 2.49. The molecule has 2 unspecified atom stereocenters. The summed E-state index contributed by atoms with van der Waals surface area (Å²) in [5.41, 5.74) is 0.250. The lowest BCUT2D eigenvalue weighted by Gasteiger charge is -2.18. The van der Waals surface area contributed by atoms with Gasteiger partial charge in [-0.1, -0.05) is 13.0 Å². The van der Waals surface area contributed by atoms with E-state index in [-0.39, 0.29) is 5.56 Å². The van der Waals surface area contributed by atoms with E-state index in [1.54, 1.807) is 13.8 Å². The first kappa shape index (κ1) is 16.4. The molecule has 0 heterocycles. The Kier molecular flexibility index (Phi) is 6.38. The molecule has 2 atom stereocenters. The SMILES string of the molecule is CCC(NC(=O)NCCC(C)O)c1ccc(F)cc1F. The lowest BCUT2D eigenvalue weighted by molar-refractivity contribution is 0.183. The first-order valence-electron chi connectivity index (χ1n) is 6.61. The van der Waals surface area contributed by atoms with E-state index in [2.05, 4.69) is 10.6 Å². The summed E-state index contributed by atoms with van der Waals surface area (Å²) in [5, 5.41) is 14.3. The molecule has 1 aromatic carbocycles.